The molecule has 0 aliphatic heterocycles. The van der Waals surface area contributed by atoms with Crippen molar-refractivity contribution < 1.29 is 19.1 Å². The maximum Gasteiger partial charge on any atom is 0.331 e. The monoisotopic (exact) mass is 223 g/mol. The van der Waals surface area contributed by atoms with Crippen LogP contribution in [0.3, 0.4) is 0 Å². The summed E-state index contributed by atoms with van der Waals surface area (Å²) in [7, 11) is 1.27. The summed E-state index contributed by atoms with van der Waals surface area (Å²) in [5, 5.41) is 2.51. The minimum Gasteiger partial charge on any atom is -0.467 e. The quantitative estimate of drug-likeness (QED) is 0.450. The molecule has 0 aromatic heterocycles. The normalized spacial score (nSPS) is 9.56. The van der Waals surface area contributed by atoms with Gasteiger partial charge in [-0.25, -0.2) is 4.79 Å². The molecule has 0 bridgehead atoms. The molecule has 5 nitrogen and oxygen atoms in total. The van der Waals surface area contributed by atoms with E-state index in [9.17, 15) is 9.59 Å². The molecule has 86 valence electrons. The molecule has 0 heterocycles. The number of carbonyl (C=O) groups excluding carboxylic acids is 2. The minimum atomic E-state index is -0.478. The van der Waals surface area contributed by atoms with Crippen LogP contribution in [0.4, 0.5) is 0 Å². The Morgan fingerprint density at radius 3 is 2.56 bits per heavy atom. The summed E-state index contributed by atoms with van der Waals surface area (Å²) in [5.74, 6) is -0.723. The van der Waals surface area contributed by atoms with E-state index in [4.69, 9.17) is 4.74 Å². The number of ether oxygens (including phenoxy) is 2. The smallest absolute Gasteiger partial charge is 0.331 e. The molecule has 0 aliphatic rings. The van der Waals surface area contributed by atoms with Gasteiger partial charge in [-0.2, -0.15) is 0 Å². The van der Waals surface area contributed by atoms with Gasteiger partial charge >= 0.3 is 5.97 Å². The lowest BCUT2D eigenvalue weighted by atomic mass is 10.2. The van der Waals surface area contributed by atoms with Gasteiger partial charge in [0.15, 0.2) is 0 Å². The Balaban J connectivity index is 2.24. The van der Waals surface area contributed by atoms with E-state index in [0.29, 0.717) is 5.56 Å². The molecule has 1 rings (SSSR count). The van der Waals surface area contributed by atoms with Gasteiger partial charge in [0.05, 0.1) is 7.11 Å². The third-order valence-corrected chi connectivity index (χ3v) is 1.82. The fraction of sp³-hybridized carbons (Fsp3) is 0.273. The zero-order chi connectivity index (χ0) is 11.8. The molecule has 0 saturated heterocycles. The molecule has 16 heavy (non-hydrogen) atoms. The topological polar surface area (TPSA) is 64.6 Å². The molecule has 0 atom stereocenters. The van der Waals surface area contributed by atoms with E-state index in [1.54, 1.807) is 24.3 Å². The van der Waals surface area contributed by atoms with Crippen LogP contribution < -0.4 is 5.32 Å². The van der Waals surface area contributed by atoms with Crippen LogP contribution in [0.2, 0.25) is 0 Å². The van der Waals surface area contributed by atoms with Crippen molar-refractivity contribution in [1.29, 1.82) is 0 Å². The van der Waals surface area contributed by atoms with E-state index < -0.39 is 5.97 Å². The predicted molar refractivity (Wildman–Crippen MR) is 56.7 cm³/mol. The molecule has 1 aromatic carbocycles. The second-order valence-electron chi connectivity index (χ2n) is 2.94. The van der Waals surface area contributed by atoms with Crippen molar-refractivity contribution in [3.05, 3.63) is 35.9 Å². The van der Waals surface area contributed by atoms with Crippen LogP contribution in [-0.4, -0.2) is 32.3 Å². The van der Waals surface area contributed by atoms with Gasteiger partial charge in [-0.1, -0.05) is 18.2 Å². The second-order valence-corrected chi connectivity index (χ2v) is 2.94. The predicted octanol–water partition coefficient (Wildman–Crippen LogP) is 0.563. The van der Waals surface area contributed by atoms with E-state index in [1.165, 1.54) is 7.11 Å². The molecular formula is C11H13NO4. The number of hydrogen-bond acceptors (Lipinski definition) is 4. The average molecular weight is 223 g/mol. The van der Waals surface area contributed by atoms with Crippen molar-refractivity contribution in [1.82, 2.24) is 5.32 Å². The summed E-state index contributed by atoms with van der Waals surface area (Å²) < 4.78 is 9.24. The number of hydrogen-bond donors (Lipinski definition) is 1. The lowest BCUT2D eigenvalue weighted by Crippen LogP contribution is -2.27. The first-order valence-electron chi connectivity index (χ1n) is 4.72. The Hall–Kier alpha value is -1.88. The Morgan fingerprint density at radius 2 is 1.94 bits per heavy atom. The number of nitrogens with one attached hydrogen (secondary N) is 1. The van der Waals surface area contributed by atoms with Gasteiger partial charge in [0.2, 0.25) is 0 Å². The largest absolute Gasteiger partial charge is 0.467 e. The van der Waals surface area contributed by atoms with E-state index in [-0.39, 0.29) is 19.2 Å². The van der Waals surface area contributed by atoms with Crippen molar-refractivity contribution in [3.63, 3.8) is 0 Å². The van der Waals surface area contributed by atoms with E-state index in [1.807, 2.05) is 6.07 Å². The number of benzene rings is 1. The number of esters is 1. The Morgan fingerprint density at radius 1 is 1.25 bits per heavy atom. The molecule has 0 saturated carbocycles. The first-order valence-corrected chi connectivity index (χ1v) is 4.72. The number of amides is 1. The highest BCUT2D eigenvalue weighted by Gasteiger charge is 2.04. The molecule has 0 spiro atoms. The van der Waals surface area contributed by atoms with Crippen molar-refractivity contribution in [2.75, 3.05) is 20.4 Å². The molecular weight excluding hydrogens is 210 g/mol. The SMILES string of the molecule is COC(=O)COCNC(=O)c1ccccc1. The van der Waals surface area contributed by atoms with E-state index >= 15 is 0 Å². The van der Waals surface area contributed by atoms with Crippen molar-refractivity contribution in [3.8, 4) is 0 Å². The lowest BCUT2D eigenvalue weighted by molar-refractivity contribution is -0.146. The second kappa shape index (κ2) is 6.58. The fourth-order valence-corrected chi connectivity index (χ4v) is 1.00. The van der Waals surface area contributed by atoms with Crippen LogP contribution in [-0.2, 0) is 14.3 Å². The number of carbonyl (C=O) groups is 2. The Kier molecular flexibility index (Phi) is 5.01. The van der Waals surface area contributed by atoms with Crippen molar-refractivity contribution in [2.24, 2.45) is 0 Å². The van der Waals surface area contributed by atoms with Gasteiger partial charge in [-0.05, 0) is 12.1 Å². The van der Waals surface area contributed by atoms with Crippen LogP contribution in [0, 0.1) is 0 Å². The highest BCUT2D eigenvalue weighted by molar-refractivity contribution is 5.93. The van der Waals surface area contributed by atoms with Crippen LogP contribution in [0.1, 0.15) is 10.4 Å². The van der Waals surface area contributed by atoms with Crippen LogP contribution in [0.15, 0.2) is 30.3 Å². The third-order valence-electron chi connectivity index (χ3n) is 1.82. The van der Waals surface area contributed by atoms with Gasteiger partial charge in [0.25, 0.3) is 5.91 Å². The Bertz CT molecular complexity index is 350. The molecule has 0 fully saturated rings. The maximum atomic E-state index is 11.5. The molecule has 0 unspecified atom stereocenters. The summed E-state index contributed by atoms with van der Waals surface area (Å²) in [6.07, 6.45) is 0. The van der Waals surface area contributed by atoms with Crippen LogP contribution in [0.25, 0.3) is 0 Å². The lowest BCUT2D eigenvalue weighted by Gasteiger charge is -2.05. The molecule has 0 aliphatic carbocycles. The van der Waals surface area contributed by atoms with Gasteiger partial charge in [-0.3, -0.25) is 4.79 Å². The van der Waals surface area contributed by atoms with E-state index in [0.717, 1.165) is 0 Å². The number of rotatable bonds is 5. The Labute approximate surface area is 93.4 Å². The van der Waals surface area contributed by atoms with E-state index in [2.05, 4.69) is 10.1 Å². The maximum absolute atomic E-state index is 11.5. The average Bonchev–Trinajstić information content (AvgIpc) is 2.35. The fourth-order valence-electron chi connectivity index (χ4n) is 1.00. The van der Waals surface area contributed by atoms with Crippen molar-refractivity contribution >= 4 is 11.9 Å². The van der Waals surface area contributed by atoms with Crippen molar-refractivity contribution in [2.45, 2.75) is 0 Å². The third kappa shape index (κ3) is 4.10. The van der Waals surface area contributed by atoms with Crippen LogP contribution in [0.5, 0.6) is 0 Å². The zero-order valence-corrected chi connectivity index (χ0v) is 8.93. The molecule has 0 radical (unpaired) electrons. The first kappa shape index (κ1) is 12.2. The van der Waals surface area contributed by atoms with Gasteiger partial charge < -0.3 is 14.8 Å². The summed E-state index contributed by atoms with van der Waals surface area (Å²) in [6, 6.07) is 8.74. The highest BCUT2D eigenvalue weighted by atomic mass is 16.6. The molecule has 1 aromatic rings. The summed E-state index contributed by atoms with van der Waals surface area (Å²) in [4.78, 5) is 22.1. The zero-order valence-electron chi connectivity index (χ0n) is 8.93. The van der Waals surface area contributed by atoms with Gasteiger partial charge in [-0.15, -0.1) is 0 Å². The minimum absolute atomic E-state index is 0.0250. The summed E-state index contributed by atoms with van der Waals surface area (Å²) >= 11 is 0. The highest BCUT2D eigenvalue weighted by Crippen LogP contribution is 1.97. The van der Waals surface area contributed by atoms with Gasteiger partial charge in [0.1, 0.15) is 13.3 Å². The first-order chi connectivity index (χ1) is 7.74. The van der Waals surface area contributed by atoms with Gasteiger partial charge in [0, 0.05) is 5.56 Å². The molecule has 1 N–H and O–H groups in total. The standard InChI is InChI=1S/C11H13NO4/c1-15-10(13)7-16-8-12-11(14)9-5-3-2-4-6-9/h2-6H,7-8H2,1H3,(H,12,14). The summed E-state index contributed by atoms with van der Waals surface area (Å²) in [6.45, 7) is -0.200. The van der Waals surface area contributed by atoms with Crippen LogP contribution >= 0.6 is 0 Å². The number of methoxy groups -OCH3 is 1. The summed E-state index contributed by atoms with van der Waals surface area (Å²) in [5.41, 5.74) is 0.546. The molecule has 1 amide bonds. The molecule has 5 heteroatoms.